The smallest absolute Gasteiger partial charge is 0.287 e. The van der Waals surface area contributed by atoms with Crippen LogP contribution in [-0.4, -0.2) is 15.3 Å². The zero-order valence-electron chi connectivity index (χ0n) is 14.5. The highest BCUT2D eigenvalue weighted by atomic mass is 16.2. The minimum Gasteiger partial charge on any atom is -0.287 e. The quantitative estimate of drug-likeness (QED) is 0.678. The molecule has 1 N–H and O–H groups in total. The van der Waals surface area contributed by atoms with Gasteiger partial charge in [0.2, 0.25) is 5.78 Å². The summed E-state index contributed by atoms with van der Waals surface area (Å²) in [6.45, 7) is 7.70. The number of aromatic nitrogens is 2. The summed E-state index contributed by atoms with van der Waals surface area (Å²) < 4.78 is 1.33. The van der Waals surface area contributed by atoms with E-state index in [0.29, 0.717) is 17.5 Å². The van der Waals surface area contributed by atoms with Crippen LogP contribution in [0.3, 0.4) is 0 Å². The van der Waals surface area contributed by atoms with Crippen LogP contribution in [0.25, 0.3) is 0 Å². The van der Waals surface area contributed by atoms with Crippen LogP contribution >= 0.6 is 0 Å². The normalized spacial score (nSPS) is 11.2. The second kappa shape index (κ2) is 7.25. The molecule has 0 amide bonds. The van der Waals surface area contributed by atoms with E-state index in [1.54, 1.807) is 31.2 Å². The fraction of sp³-hybridized carbons (Fsp3) is 0.316. The molecule has 5 heteroatoms. The second-order valence-corrected chi connectivity index (χ2v) is 5.83. The molecule has 5 nitrogen and oxygen atoms in total. The molecule has 0 aliphatic rings. The summed E-state index contributed by atoms with van der Waals surface area (Å²) in [4.78, 5) is 39.8. The summed E-state index contributed by atoms with van der Waals surface area (Å²) in [7, 11) is 0. The molecule has 0 saturated carbocycles. The van der Waals surface area contributed by atoms with Gasteiger partial charge < -0.3 is 0 Å². The molecule has 0 fully saturated rings. The van der Waals surface area contributed by atoms with Gasteiger partial charge in [0.05, 0.1) is 0 Å². The molecule has 0 saturated heterocycles. The highest BCUT2D eigenvalue weighted by Crippen LogP contribution is 2.15. The predicted molar refractivity (Wildman–Crippen MR) is 94.9 cm³/mol. The third-order valence-electron chi connectivity index (χ3n) is 3.87. The van der Waals surface area contributed by atoms with E-state index in [-0.39, 0.29) is 18.0 Å². The number of allylic oxidation sites excluding steroid dienone is 2. The number of aryl methyl sites for hydroxylation is 2. The molecule has 1 aromatic carbocycles. The minimum atomic E-state index is -0.567. The molecule has 126 valence electrons. The average molecular weight is 326 g/mol. The highest BCUT2D eigenvalue weighted by molar-refractivity contribution is 6.09. The molecule has 0 bridgehead atoms. The van der Waals surface area contributed by atoms with Gasteiger partial charge in [-0.05, 0) is 39.3 Å². The Labute approximate surface area is 140 Å². The third-order valence-corrected chi connectivity index (χ3v) is 3.87. The van der Waals surface area contributed by atoms with Crippen molar-refractivity contribution in [1.29, 1.82) is 0 Å². The molecule has 0 unspecified atom stereocenters. The summed E-state index contributed by atoms with van der Waals surface area (Å²) in [5, 5.41) is 0. The van der Waals surface area contributed by atoms with E-state index < -0.39 is 11.2 Å². The Morgan fingerprint density at radius 2 is 1.79 bits per heavy atom. The number of H-pyrrole nitrogens is 1. The molecule has 0 aliphatic carbocycles. The molecule has 0 aliphatic heterocycles. The lowest BCUT2D eigenvalue weighted by Gasteiger charge is -2.14. The van der Waals surface area contributed by atoms with Crippen molar-refractivity contribution < 1.29 is 4.79 Å². The van der Waals surface area contributed by atoms with Crippen molar-refractivity contribution in [3.63, 3.8) is 0 Å². The van der Waals surface area contributed by atoms with Gasteiger partial charge in [0.25, 0.3) is 5.56 Å². The van der Waals surface area contributed by atoms with Crippen molar-refractivity contribution >= 4 is 5.78 Å². The molecular formula is C19H22N2O3. The number of ketones is 1. The Morgan fingerprint density at radius 3 is 2.33 bits per heavy atom. The fourth-order valence-electron chi connectivity index (χ4n) is 2.83. The molecule has 2 aromatic rings. The van der Waals surface area contributed by atoms with Crippen LogP contribution in [0.2, 0.25) is 0 Å². The fourth-order valence-corrected chi connectivity index (χ4v) is 2.83. The zero-order valence-corrected chi connectivity index (χ0v) is 14.5. The molecule has 2 rings (SSSR count). The van der Waals surface area contributed by atoms with Gasteiger partial charge in [-0.15, -0.1) is 0 Å². The summed E-state index contributed by atoms with van der Waals surface area (Å²) >= 11 is 0. The van der Waals surface area contributed by atoms with Gasteiger partial charge in [0, 0.05) is 17.7 Å². The van der Waals surface area contributed by atoms with Crippen LogP contribution in [0.1, 0.15) is 46.6 Å². The standard InChI is InChI=1S/C19H22N2O3/c1-5-7-8-21-16(15(6-2)18(23)20-19(21)24)17(22)14-10-12(3)9-13(4)11-14/h5,7,9-11H,6,8H2,1-4H3,(H,20,23,24). The number of carbonyl (C=O) groups excluding carboxylic acids is 1. The van der Waals surface area contributed by atoms with Crippen molar-refractivity contribution in [2.24, 2.45) is 0 Å². The number of carbonyl (C=O) groups is 1. The van der Waals surface area contributed by atoms with Crippen LogP contribution in [0.5, 0.6) is 0 Å². The van der Waals surface area contributed by atoms with Gasteiger partial charge >= 0.3 is 5.69 Å². The maximum Gasteiger partial charge on any atom is 0.329 e. The van der Waals surface area contributed by atoms with Crippen molar-refractivity contribution in [2.45, 2.75) is 40.7 Å². The first kappa shape index (κ1) is 17.7. The number of rotatable bonds is 5. The van der Waals surface area contributed by atoms with Crippen LogP contribution in [0, 0.1) is 13.8 Å². The first-order chi connectivity index (χ1) is 11.4. The van der Waals surface area contributed by atoms with Crippen molar-refractivity contribution in [1.82, 2.24) is 9.55 Å². The Balaban J connectivity index is 2.76. The predicted octanol–water partition coefficient (Wildman–Crippen LogP) is 2.52. The Morgan fingerprint density at radius 1 is 1.17 bits per heavy atom. The number of hydrogen-bond donors (Lipinski definition) is 1. The molecule has 24 heavy (non-hydrogen) atoms. The van der Waals surface area contributed by atoms with Crippen LogP contribution in [-0.2, 0) is 13.0 Å². The van der Waals surface area contributed by atoms with E-state index in [9.17, 15) is 14.4 Å². The van der Waals surface area contributed by atoms with Gasteiger partial charge in [-0.2, -0.15) is 0 Å². The first-order valence-electron chi connectivity index (χ1n) is 7.99. The van der Waals surface area contributed by atoms with Crippen LogP contribution < -0.4 is 11.2 Å². The number of hydrogen-bond acceptors (Lipinski definition) is 3. The van der Waals surface area contributed by atoms with E-state index in [0.717, 1.165) is 11.1 Å². The molecule has 1 aromatic heterocycles. The number of aromatic amines is 1. The van der Waals surface area contributed by atoms with Gasteiger partial charge in [0.15, 0.2) is 0 Å². The van der Waals surface area contributed by atoms with Crippen molar-refractivity contribution in [3.05, 3.63) is 79.1 Å². The minimum absolute atomic E-state index is 0.175. The summed E-state index contributed by atoms with van der Waals surface area (Å²) in [6.07, 6.45) is 3.95. The monoisotopic (exact) mass is 326 g/mol. The van der Waals surface area contributed by atoms with E-state index in [1.165, 1.54) is 4.57 Å². The molecule has 0 atom stereocenters. The second-order valence-electron chi connectivity index (χ2n) is 5.83. The topological polar surface area (TPSA) is 71.9 Å². The van der Waals surface area contributed by atoms with Crippen molar-refractivity contribution in [2.75, 3.05) is 0 Å². The third kappa shape index (κ3) is 3.45. The summed E-state index contributed by atoms with van der Waals surface area (Å²) in [5.74, 6) is -0.300. The molecular weight excluding hydrogens is 304 g/mol. The van der Waals surface area contributed by atoms with Crippen LogP contribution in [0.4, 0.5) is 0 Å². The maximum absolute atomic E-state index is 13.1. The zero-order chi connectivity index (χ0) is 17.9. The molecule has 0 radical (unpaired) electrons. The van der Waals surface area contributed by atoms with Gasteiger partial charge in [0.1, 0.15) is 5.69 Å². The Bertz CT molecular complexity index is 897. The van der Waals surface area contributed by atoms with E-state index in [2.05, 4.69) is 4.98 Å². The lowest BCUT2D eigenvalue weighted by molar-refractivity contribution is 0.102. The SMILES string of the molecule is CC=CCn1c(C(=O)c2cc(C)cc(C)c2)c(CC)c(=O)[nH]c1=O. The van der Waals surface area contributed by atoms with Crippen molar-refractivity contribution in [3.8, 4) is 0 Å². The average Bonchev–Trinajstić information content (AvgIpc) is 2.51. The Hall–Kier alpha value is -2.69. The van der Waals surface area contributed by atoms with E-state index >= 15 is 0 Å². The van der Waals surface area contributed by atoms with Crippen LogP contribution in [0.15, 0.2) is 39.9 Å². The number of nitrogens with zero attached hydrogens (tertiary/aromatic N) is 1. The largest absolute Gasteiger partial charge is 0.329 e. The van der Waals surface area contributed by atoms with Gasteiger partial charge in [-0.3, -0.25) is 19.1 Å². The maximum atomic E-state index is 13.1. The van der Waals surface area contributed by atoms with E-state index in [1.807, 2.05) is 26.8 Å². The molecule has 0 spiro atoms. The lowest BCUT2D eigenvalue weighted by Crippen LogP contribution is -2.37. The molecule has 1 heterocycles. The first-order valence-corrected chi connectivity index (χ1v) is 7.99. The number of benzene rings is 1. The number of nitrogens with one attached hydrogen (secondary N) is 1. The summed E-state index contributed by atoms with van der Waals surface area (Å²) in [5.41, 5.74) is 1.86. The Kier molecular flexibility index (Phi) is 5.34. The van der Waals surface area contributed by atoms with Gasteiger partial charge in [-0.25, -0.2) is 4.79 Å². The summed E-state index contributed by atoms with van der Waals surface area (Å²) in [6, 6.07) is 5.53. The van der Waals surface area contributed by atoms with Gasteiger partial charge in [-0.1, -0.05) is 36.3 Å². The highest BCUT2D eigenvalue weighted by Gasteiger charge is 2.21. The van der Waals surface area contributed by atoms with E-state index in [4.69, 9.17) is 0 Å². The lowest BCUT2D eigenvalue weighted by atomic mass is 9.99.